The lowest BCUT2D eigenvalue weighted by Crippen LogP contribution is -2.36. The molecule has 2 aromatic carbocycles. The average molecular weight is 450 g/mol. The summed E-state index contributed by atoms with van der Waals surface area (Å²) in [5.74, 6) is 0.891. The molecular weight excluding hydrogens is 427 g/mol. The Bertz CT molecular complexity index is 1190. The standard InChI is InChI=1S/C25H23FN2O5/c1-2-28(16-24(29)27-17-7-10-22-23(15-17)32-14-13-31-22)25(30)12-9-18-8-11-21(33-18)19-5-3-4-6-20(19)26/h3-12,15H,2,13-14,16H2,1H3,(H,27,29)/b12-9+. The van der Waals surface area contributed by atoms with Crippen LogP contribution in [0.5, 0.6) is 11.5 Å². The van der Waals surface area contributed by atoms with Crippen LogP contribution in [0.2, 0.25) is 0 Å². The number of nitrogens with zero attached hydrogens (tertiary/aromatic N) is 1. The van der Waals surface area contributed by atoms with Gasteiger partial charge < -0.3 is 24.1 Å². The fraction of sp³-hybridized carbons (Fsp3) is 0.200. The number of furan rings is 1. The topological polar surface area (TPSA) is 81.0 Å². The molecule has 0 radical (unpaired) electrons. The van der Waals surface area contributed by atoms with Crippen molar-refractivity contribution in [2.75, 3.05) is 31.6 Å². The van der Waals surface area contributed by atoms with E-state index < -0.39 is 0 Å². The molecule has 3 aromatic rings. The Balaban J connectivity index is 1.36. The Labute approximate surface area is 190 Å². The van der Waals surface area contributed by atoms with Gasteiger partial charge in [-0.15, -0.1) is 0 Å². The van der Waals surface area contributed by atoms with E-state index in [0.29, 0.717) is 54.0 Å². The van der Waals surface area contributed by atoms with Crippen LogP contribution in [0.25, 0.3) is 17.4 Å². The van der Waals surface area contributed by atoms with Gasteiger partial charge in [-0.25, -0.2) is 4.39 Å². The van der Waals surface area contributed by atoms with Crippen molar-refractivity contribution in [2.24, 2.45) is 0 Å². The summed E-state index contributed by atoms with van der Waals surface area (Å²) in [7, 11) is 0. The minimum atomic E-state index is -0.389. The van der Waals surface area contributed by atoms with E-state index in [1.165, 1.54) is 23.1 Å². The summed E-state index contributed by atoms with van der Waals surface area (Å²) in [6, 6.07) is 14.7. The van der Waals surface area contributed by atoms with Gasteiger partial charge in [-0.2, -0.15) is 0 Å². The number of amides is 2. The van der Waals surface area contributed by atoms with Crippen LogP contribution in [0, 0.1) is 5.82 Å². The number of halogens is 1. The van der Waals surface area contributed by atoms with Gasteiger partial charge in [-0.3, -0.25) is 9.59 Å². The van der Waals surface area contributed by atoms with Gasteiger partial charge >= 0.3 is 0 Å². The van der Waals surface area contributed by atoms with Gasteiger partial charge in [0.1, 0.15) is 37.1 Å². The number of nitrogens with one attached hydrogen (secondary N) is 1. The Morgan fingerprint density at radius 1 is 1.06 bits per heavy atom. The molecule has 1 aliphatic heterocycles. The summed E-state index contributed by atoms with van der Waals surface area (Å²) in [5.41, 5.74) is 0.897. The molecule has 7 nitrogen and oxygen atoms in total. The van der Waals surface area contributed by atoms with E-state index in [2.05, 4.69) is 5.32 Å². The number of carbonyl (C=O) groups is 2. The van der Waals surface area contributed by atoms with E-state index in [9.17, 15) is 14.0 Å². The highest BCUT2D eigenvalue weighted by Gasteiger charge is 2.16. The first-order valence-corrected chi connectivity index (χ1v) is 10.5. The molecule has 0 saturated carbocycles. The highest BCUT2D eigenvalue weighted by molar-refractivity contribution is 5.98. The van der Waals surface area contributed by atoms with Crippen LogP contribution in [0.15, 0.2) is 65.1 Å². The number of anilines is 1. The fourth-order valence-electron chi connectivity index (χ4n) is 3.35. The van der Waals surface area contributed by atoms with Crippen LogP contribution >= 0.6 is 0 Å². The third-order valence-electron chi connectivity index (χ3n) is 5.01. The highest BCUT2D eigenvalue weighted by atomic mass is 19.1. The number of fused-ring (bicyclic) bond motifs is 1. The Kier molecular flexibility index (Phi) is 6.73. The largest absolute Gasteiger partial charge is 0.486 e. The third kappa shape index (κ3) is 5.41. The van der Waals surface area contributed by atoms with Gasteiger partial charge in [0.2, 0.25) is 11.8 Å². The summed E-state index contributed by atoms with van der Waals surface area (Å²) >= 11 is 0. The Morgan fingerprint density at radius 3 is 2.64 bits per heavy atom. The van der Waals surface area contributed by atoms with E-state index in [1.807, 2.05) is 0 Å². The molecule has 0 atom stereocenters. The molecule has 1 aliphatic rings. The summed E-state index contributed by atoms with van der Waals surface area (Å²) in [6.07, 6.45) is 2.82. The lowest BCUT2D eigenvalue weighted by Gasteiger charge is -2.20. The SMILES string of the molecule is CCN(CC(=O)Nc1ccc2c(c1)OCCO2)C(=O)/C=C/c1ccc(-c2ccccc2F)o1. The first kappa shape index (κ1) is 22.1. The molecule has 0 saturated heterocycles. The van der Waals surface area contributed by atoms with Crippen LogP contribution < -0.4 is 14.8 Å². The normalized spacial score (nSPS) is 12.5. The predicted octanol–water partition coefficient (Wildman–Crippen LogP) is 4.36. The zero-order valence-electron chi connectivity index (χ0n) is 18.0. The van der Waals surface area contributed by atoms with Crippen molar-refractivity contribution in [1.82, 2.24) is 4.90 Å². The van der Waals surface area contributed by atoms with Crippen LogP contribution in [0.1, 0.15) is 12.7 Å². The van der Waals surface area contributed by atoms with Crippen LogP contribution in [0.4, 0.5) is 10.1 Å². The molecule has 1 aromatic heterocycles. The van der Waals surface area contributed by atoms with E-state index in [0.717, 1.165) is 0 Å². The summed E-state index contributed by atoms with van der Waals surface area (Å²) in [5, 5.41) is 2.77. The summed E-state index contributed by atoms with van der Waals surface area (Å²) < 4.78 is 30.5. The molecule has 2 heterocycles. The molecule has 1 N–H and O–H groups in total. The Hall–Kier alpha value is -4.07. The van der Waals surface area contributed by atoms with Crippen molar-refractivity contribution < 1.29 is 27.9 Å². The molecular formula is C25H23FN2O5. The molecule has 0 unspecified atom stereocenters. The van der Waals surface area contributed by atoms with Crippen molar-refractivity contribution in [1.29, 1.82) is 0 Å². The molecule has 0 fully saturated rings. The smallest absolute Gasteiger partial charge is 0.247 e. The van der Waals surface area contributed by atoms with Gasteiger partial charge in [0.25, 0.3) is 0 Å². The monoisotopic (exact) mass is 450 g/mol. The maximum atomic E-state index is 13.9. The minimum Gasteiger partial charge on any atom is -0.486 e. The highest BCUT2D eigenvalue weighted by Crippen LogP contribution is 2.32. The van der Waals surface area contributed by atoms with Crippen molar-refractivity contribution >= 4 is 23.6 Å². The van der Waals surface area contributed by atoms with E-state index in [1.54, 1.807) is 55.5 Å². The van der Waals surface area contributed by atoms with Gasteiger partial charge in [-0.05, 0) is 49.4 Å². The first-order valence-electron chi connectivity index (χ1n) is 10.5. The van der Waals surface area contributed by atoms with Crippen molar-refractivity contribution in [3.05, 3.63) is 72.3 Å². The molecule has 33 heavy (non-hydrogen) atoms. The summed E-state index contributed by atoms with van der Waals surface area (Å²) in [4.78, 5) is 26.4. The number of ether oxygens (including phenoxy) is 2. The first-order chi connectivity index (χ1) is 16.0. The van der Waals surface area contributed by atoms with Crippen LogP contribution in [-0.4, -0.2) is 43.0 Å². The van der Waals surface area contributed by atoms with Crippen molar-refractivity contribution in [3.8, 4) is 22.8 Å². The van der Waals surface area contributed by atoms with Crippen molar-refractivity contribution in [2.45, 2.75) is 6.92 Å². The predicted molar refractivity (Wildman–Crippen MR) is 121 cm³/mol. The van der Waals surface area contributed by atoms with Gasteiger partial charge in [0.15, 0.2) is 11.5 Å². The van der Waals surface area contributed by atoms with Gasteiger partial charge in [-0.1, -0.05) is 12.1 Å². The lowest BCUT2D eigenvalue weighted by atomic mass is 10.1. The zero-order chi connectivity index (χ0) is 23.2. The van der Waals surface area contributed by atoms with E-state index in [4.69, 9.17) is 13.9 Å². The van der Waals surface area contributed by atoms with Gasteiger partial charge in [0.05, 0.1) is 5.56 Å². The van der Waals surface area contributed by atoms with Gasteiger partial charge in [0, 0.05) is 24.4 Å². The number of hydrogen-bond donors (Lipinski definition) is 1. The average Bonchev–Trinajstić information content (AvgIpc) is 3.30. The third-order valence-corrected chi connectivity index (χ3v) is 5.01. The molecule has 4 rings (SSSR count). The number of rotatable bonds is 7. The number of likely N-dealkylation sites (N-methyl/N-ethyl adjacent to an activating group) is 1. The lowest BCUT2D eigenvalue weighted by molar-refractivity contribution is -0.130. The second-order valence-electron chi connectivity index (χ2n) is 7.27. The number of benzene rings is 2. The quantitative estimate of drug-likeness (QED) is 0.541. The molecule has 0 aliphatic carbocycles. The Morgan fingerprint density at radius 2 is 1.85 bits per heavy atom. The maximum absolute atomic E-state index is 13.9. The molecule has 8 heteroatoms. The second kappa shape index (κ2) is 10.0. The molecule has 0 bridgehead atoms. The maximum Gasteiger partial charge on any atom is 0.247 e. The zero-order valence-corrected chi connectivity index (χ0v) is 18.0. The molecule has 170 valence electrons. The van der Waals surface area contributed by atoms with Crippen LogP contribution in [-0.2, 0) is 9.59 Å². The number of hydrogen-bond acceptors (Lipinski definition) is 5. The summed E-state index contributed by atoms with van der Waals surface area (Å²) in [6.45, 7) is 2.95. The fourth-order valence-corrected chi connectivity index (χ4v) is 3.35. The number of carbonyl (C=O) groups excluding carboxylic acids is 2. The second-order valence-corrected chi connectivity index (χ2v) is 7.27. The molecule has 0 spiro atoms. The molecule has 2 amide bonds. The minimum absolute atomic E-state index is 0.118. The van der Waals surface area contributed by atoms with Crippen molar-refractivity contribution in [3.63, 3.8) is 0 Å². The van der Waals surface area contributed by atoms with Crippen LogP contribution in [0.3, 0.4) is 0 Å². The van der Waals surface area contributed by atoms with E-state index in [-0.39, 0.29) is 24.2 Å². The van der Waals surface area contributed by atoms with E-state index >= 15 is 0 Å².